The lowest BCUT2D eigenvalue weighted by atomic mass is 10.2. The van der Waals surface area contributed by atoms with Gasteiger partial charge in [0.2, 0.25) is 5.95 Å². The Labute approximate surface area is 105 Å². The summed E-state index contributed by atoms with van der Waals surface area (Å²) in [6, 6.07) is 9.77. The number of nitrogens with zero attached hydrogens (tertiary/aromatic N) is 4. The lowest BCUT2D eigenvalue weighted by molar-refractivity contribution is 0.277. The fourth-order valence-electron chi connectivity index (χ4n) is 1.44. The van der Waals surface area contributed by atoms with Crippen molar-refractivity contribution in [3.05, 3.63) is 42.2 Å². The van der Waals surface area contributed by atoms with Crippen LogP contribution in [0.2, 0.25) is 0 Å². The van der Waals surface area contributed by atoms with Crippen molar-refractivity contribution in [3.8, 4) is 0 Å². The molecular weight excluding hydrogens is 230 g/mol. The monoisotopic (exact) mass is 245 g/mol. The highest BCUT2D eigenvalue weighted by atomic mass is 16.3. The summed E-state index contributed by atoms with van der Waals surface area (Å²) in [5.74, 6) is 0.565. The third kappa shape index (κ3) is 3.39. The number of hydrazone groups is 1. The predicted octanol–water partition coefficient (Wildman–Crippen LogP) is 1.11. The number of aromatic nitrogens is 3. The molecule has 6 nitrogen and oxygen atoms in total. The lowest BCUT2D eigenvalue weighted by Crippen LogP contribution is -2.06. The van der Waals surface area contributed by atoms with Gasteiger partial charge >= 0.3 is 0 Å². The molecule has 0 unspecified atom stereocenters. The SMILES string of the molecule is OCCCn1ncnc1N/N=C\c1ccccc1. The van der Waals surface area contributed by atoms with Crippen LogP contribution >= 0.6 is 0 Å². The van der Waals surface area contributed by atoms with E-state index in [9.17, 15) is 0 Å². The van der Waals surface area contributed by atoms with Crippen molar-refractivity contribution in [2.24, 2.45) is 5.10 Å². The number of hydrogen-bond acceptors (Lipinski definition) is 5. The van der Waals surface area contributed by atoms with Crippen LogP contribution in [0.5, 0.6) is 0 Å². The van der Waals surface area contributed by atoms with Gasteiger partial charge in [-0.25, -0.2) is 10.1 Å². The standard InChI is InChI=1S/C12H15N5O/c18-8-4-7-17-12(13-10-15-17)16-14-9-11-5-2-1-3-6-11/h1-3,5-6,9-10,18H,4,7-8H2,(H,13,15,16)/b14-9-. The molecule has 0 saturated carbocycles. The van der Waals surface area contributed by atoms with E-state index < -0.39 is 0 Å². The zero-order chi connectivity index (χ0) is 12.6. The van der Waals surface area contributed by atoms with Crippen LogP contribution in [0.25, 0.3) is 0 Å². The molecule has 94 valence electrons. The molecule has 0 fully saturated rings. The summed E-state index contributed by atoms with van der Waals surface area (Å²) in [5.41, 5.74) is 3.83. The molecule has 0 aliphatic carbocycles. The van der Waals surface area contributed by atoms with E-state index >= 15 is 0 Å². The maximum absolute atomic E-state index is 8.77. The van der Waals surface area contributed by atoms with Gasteiger partial charge < -0.3 is 5.11 Å². The largest absolute Gasteiger partial charge is 0.396 e. The Morgan fingerprint density at radius 3 is 2.94 bits per heavy atom. The maximum atomic E-state index is 8.77. The number of nitrogens with one attached hydrogen (secondary N) is 1. The highest BCUT2D eigenvalue weighted by Crippen LogP contribution is 2.02. The molecule has 2 rings (SSSR count). The molecular formula is C12H15N5O. The van der Waals surface area contributed by atoms with E-state index in [1.807, 2.05) is 30.3 Å². The van der Waals surface area contributed by atoms with Gasteiger partial charge in [-0.15, -0.1) is 0 Å². The Hall–Kier alpha value is -2.21. The smallest absolute Gasteiger partial charge is 0.241 e. The second kappa shape index (κ2) is 6.51. The second-order valence-electron chi connectivity index (χ2n) is 3.66. The maximum Gasteiger partial charge on any atom is 0.241 e. The fraction of sp³-hybridized carbons (Fsp3) is 0.250. The summed E-state index contributed by atoms with van der Waals surface area (Å²) >= 11 is 0. The highest BCUT2D eigenvalue weighted by Gasteiger charge is 2.01. The third-order valence-electron chi connectivity index (χ3n) is 2.32. The van der Waals surface area contributed by atoms with Crippen LogP contribution in [0.4, 0.5) is 5.95 Å². The van der Waals surface area contributed by atoms with Gasteiger partial charge in [0.05, 0.1) is 6.21 Å². The Morgan fingerprint density at radius 2 is 2.17 bits per heavy atom. The van der Waals surface area contributed by atoms with Crippen molar-refractivity contribution in [2.45, 2.75) is 13.0 Å². The van der Waals surface area contributed by atoms with Crippen LogP contribution in [0, 0.1) is 0 Å². The highest BCUT2D eigenvalue weighted by molar-refractivity contribution is 5.79. The Morgan fingerprint density at radius 1 is 1.33 bits per heavy atom. The first-order valence-electron chi connectivity index (χ1n) is 5.73. The van der Waals surface area contributed by atoms with Gasteiger partial charge in [0, 0.05) is 13.2 Å². The molecule has 1 heterocycles. The molecule has 0 aliphatic rings. The number of benzene rings is 1. The molecule has 1 aromatic carbocycles. The molecule has 18 heavy (non-hydrogen) atoms. The summed E-state index contributed by atoms with van der Waals surface area (Å²) in [4.78, 5) is 4.05. The molecule has 2 N–H and O–H groups in total. The van der Waals surface area contributed by atoms with E-state index in [0.29, 0.717) is 18.9 Å². The van der Waals surface area contributed by atoms with E-state index in [-0.39, 0.29) is 6.61 Å². The molecule has 0 aliphatic heterocycles. The van der Waals surface area contributed by atoms with Crippen molar-refractivity contribution in [3.63, 3.8) is 0 Å². The zero-order valence-corrected chi connectivity index (χ0v) is 9.90. The van der Waals surface area contributed by atoms with Crippen LogP contribution in [0.3, 0.4) is 0 Å². The van der Waals surface area contributed by atoms with E-state index in [4.69, 9.17) is 5.11 Å². The molecule has 1 aromatic heterocycles. The van der Waals surface area contributed by atoms with Gasteiger partial charge in [-0.3, -0.25) is 0 Å². The quantitative estimate of drug-likeness (QED) is 0.590. The number of aryl methyl sites for hydroxylation is 1. The summed E-state index contributed by atoms with van der Waals surface area (Å²) in [6.45, 7) is 0.742. The van der Waals surface area contributed by atoms with Gasteiger partial charge in [0.25, 0.3) is 0 Å². The topological polar surface area (TPSA) is 75.3 Å². The van der Waals surface area contributed by atoms with Gasteiger partial charge in [-0.1, -0.05) is 30.3 Å². The zero-order valence-electron chi connectivity index (χ0n) is 9.90. The van der Waals surface area contributed by atoms with Crippen LogP contribution in [0.15, 0.2) is 41.8 Å². The summed E-state index contributed by atoms with van der Waals surface area (Å²) < 4.78 is 1.67. The number of rotatable bonds is 6. The minimum absolute atomic E-state index is 0.132. The van der Waals surface area contributed by atoms with Crippen LogP contribution in [-0.2, 0) is 6.54 Å². The molecule has 0 bridgehead atoms. The number of aliphatic hydroxyl groups is 1. The molecule has 6 heteroatoms. The van der Waals surface area contributed by atoms with Crippen molar-refractivity contribution in [1.82, 2.24) is 14.8 Å². The molecule has 0 saturated heterocycles. The average Bonchev–Trinajstić information content (AvgIpc) is 2.85. The minimum Gasteiger partial charge on any atom is -0.396 e. The second-order valence-corrected chi connectivity index (χ2v) is 3.66. The Bertz CT molecular complexity index is 494. The lowest BCUT2D eigenvalue weighted by Gasteiger charge is -2.03. The van der Waals surface area contributed by atoms with Crippen LogP contribution < -0.4 is 5.43 Å². The molecule has 0 atom stereocenters. The molecule has 0 spiro atoms. The fourth-order valence-corrected chi connectivity index (χ4v) is 1.44. The van der Waals surface area contributed by atoms with E-state index in [1.54, 1.807) is 10.9 Å². The first kappa shape index (κ1) is 12.3. The molecule has 2 aromatic rings. The first-order valence-corrected chi connectivity index (χ1v) is 5.73. The first-order chi connectivity index (χ1) is 8.90. The number of aliphatic hydroxyl groups excluding tert-OH is 1. The predicted molar refractivity (Wildman–Crippen MR) is 69.4 cm³/mol. The normalized spacial score (nSPS) is 10.9. The minimum atomic E-state index is 0.132. The summed E-state index contributed by atoms with van der Waals surface area (Å²) in [6.07, 6.45) is 3.81. The third-order valence-corrected chi connectivity index (χ3v) is 2.32. The van der Waals surface area contributed by atoms with Crippen LogP contribution in [0.1, 0.15) is 12.0 Å². The Kier molecular flexibility index (Phi) is 4.43. The van der Waals surface area contributed by atoms with Crippen molar-refractivity contribution in [2.75, 3.05) is 12.0 Å². The Balaban J connectivity index is 1.94. The van der Waals surface area contributed by atoms with E-state index in [0.717, 1.165) is 5.56 Å². The number of anilines is 1. The average molecular weight is 245 g/mol. The van der Waals surface area contributed by atoms with Gasteiger partial charge in [-0.2, -0.15) is 15.2 Å². The van der Waals surface area contributed by atoms with Gasteiger partial charge in [-0.05, 0) is 12.0 Å². The summed E-state index contributed by atoms with van der Waals surface area (Å²) in [5, 5.41) is 16.9. The van der Waals surface area contributed by atoms with Crippen LogP contribution in [-0.4, -0.2) is 32.7 Å². The van der Waals surface area contributed by atoms with E-state index in [2.05, 4.69) is 20.6 Å². The van der Waals surface area contributed by atoms with Crippen molar-refractivity contribution < 1.29 is 5.11 Å². The number of hydrogen-bond donors (Lipinski definition) is 2. The van der Waals surface area contributed by atoms with Gasteiger partial charge in [0.1, 0.15) is 6.33 Å². The van der Waals surface area contributed by atoms with E-state index in [1.165, 1.54) is 6.33 Å². The molecule has 0 radical (unpaired) electrons. The summed E-state index contributed by atoms with van der Waals surface area (Å²) in [7, 11) is 0. The van der Waals surface area contributed by atoms with Crippen molar-refractivity contribution in [1.29, 1.82) is 0 Å². The molecule has 0 amide bonds. The van der Waals surface area contributed by atoms with Gasteiger partial charge in [0.15, 0.2) is 0 Å². The van der Waals surface area contributed by atoms with Crippen molar-refractivity contribution >= 4 is 12.2 Å².